The lowest BCUT2D eigenvalue weighted by molar-refractivity contribution is -0.171. The topological polar surface area (TPSA) is 174 Å². The summed E-state index contributed by atoms with van der Waals surface area (Å²) in [6, 6.07) is 6.43. The van der Waals surface area contributed by atoms with Crippen LogP contribution in [0.3, 0.4) is 0 Å². The van der Waals surface area contributed by atoms with E-state index in [0.717, 1.165) is 28.8 Å². The molecule has 1 heterocycles. The summed E-state index contributed by atoms with van der Waals surface area (Å²) in [6.07, 6.45) is -10.00. The molecule has 2 aromatic rings. The summed E-state index contributed by atoms with van der Waals surface area (Å²) >= 11 is 0. The van der Waals surface area contributed by atoms with Gasteiger partial charge in [-0.15, -0.1) is 0 Å². The average molecular weight is 600 g/mol. The fourth-order valence-electron chi connectivity index (χ4n) is 3.04. The van der Waals surface area contributed by atoms with Gasteiger partial charge in [-0.1, -0.05) is 18.2 Å². The van der Waals surface area contributed by atoms with E-state index in [1.54, 1.807) is 0 Å². The van der Waals surface area contributed by atoms with Crippen molar-refractivity contribution < 1.29 is 49.2 Å². The number of hydrogen-bond acceptors (Lipinski definition) is 7. The predicted molar refractivity (Wildman–Crippen MR) is 128 cm³/mol. The van der Waals surface area contributed by atoms with Crippen molar-refractivity contribution in [2.75, 3.05) is 17.9 Å². The molecule has 0 radical (unpaired) electrons. The monoisotopic (exact) mass is 600 g/mol. The second-order valence-corrected chi connectivity index (χ2v) is 9.63. The van der Waals surface area contributed by atoms with Gasteiger partial charge in [0, 0.05) is 5.69 Å². The molecule has 0 bridgehead atoms. The number of rotatable bonds is 10. The van der Waals surface area contributed by atoms with Gasteiger partial charge in [0.05, 0.1) is 17.9 Å². The first-order valence-corrected chi connectivity index (χ1v) is 12.5. The highest BCUT2D eigenvalue weighted by atomic mass is 32.2. The summed E-state index contributed by atoms with van der Waals surface area (Å²) in [5.74, 6) is -5.21. The Kier molecular flexibility index (Phi) is 10.1. The molecule has 12 nitrogen and oxygen atoms in total. The minimum atomic E-state index is -5.19. The molecule has 0 fully saturated rings. The van der Waals surface area contributed by atoms with Crippen LogP contribution in [0.5, 0.6) is 0 Å². The number of carbonyl (C=O) groups is 2. The Morgan fingerprint density at radius 2 is 1.73 bits per heavy atom. The molecule has 1 aromatic carbocycles. The quantitative estimate of drug-likeness (QED) is 0.104. The van der Waals surface area contributed by atoms with Gasteiger partial charge >= 0.3 is 18.3 Å². The number of aromatic nitrogens is 1. The van der Waals surface area contributed by atoms with Crippen molar-refractivity contribution in [3.05, 3.63) is 63.6 Å². The fraction of sp³-hybridized carbons (Fsp3) is 0.333. The number of amides is 2. The first-order valence-electron chi connectivity index (χ1n) is 10.9. The normalized spacial score (nSPS) is 12.5. The van der Waals surface area contributed by atoms with E-state index in [9.17, 15) is 49.1 Å². The SMILES string of the molecule is Cc1ccc(NS(=O)(=O)Cc2ccccc2C(F)(F)F)c(=O)n1CC(=O)NCCO/N=C(\N)NC(=O)C(F)(F)F. The van der Waals surface area contributed by atoms with E-state index in [-0.39, 0.29) is 12.2 Å². The molecule has 0 aliphatic heterocycles. The third-order valence-corrected chi connectivity index (χ3v) is 6.03. The average Bonchev–Trinajstić information content (AvgIpc) is 2.82. The van der Waals surface area contributed by atoms with E-state index < -0.39 is 81.4 Å². The molecule has 0 saturated carbocycles. The zero-order chi connectivity index (χ0) is 30.3. The van der Waals surface area contributed by atoms with Crippen LogP contribution in [0.2, 0.25) is 0 Å². The number of aryl methyl sites for hydroxylation is 1. The van der Waals surface area contributed by atoms with Crippen LogP contribution in [-0.4, -0.2) is 50.1 Å². The Bertz CT molecular complexity index is 1440. The highest BCUT2D eigenvalue weighted by Crippen LogP contribution is 2.32. The van der Waals surface area contributed by atoms with Crippen LogP contribution in [0, 0.1) is 6.92 Å². The molecule has 220 valence electrons. The van der Waals surface area contributed by atoms with Crippen molar-refractivity contribution in [3.63, 3.8) is 0 Å². The number of hydrogen-bond donors (Lipinski definition) is 4. The minimum absolute atomic E-state index is 0.236. The number of carbonyl (C=O) groups excluding carboxylic acids is 2. The highest BCUT2D eigenvalue weighted by molar-refractivity contribution is 7.91. The number of pyridine rings is 1. The van der Waals surface area contributed by atoms with Crippen molar-refractivity contribution in [2.45, 2.75) is 31.6 Å². The second-order valence-electron chi connectivity index (χ2n) is 7.91. The number of nitrogens with two attached hydrogens (primary N) is 1. The smallest absolute Gasteiger partial charge is 0.391 e. The van der Waals surface area contributed by atoms with E-state index in [1.807, 2.05) is 4.72 Å². The summed E-state index contributed by atoms with van der Waals surface area (Å²) in [5.41, 5.74) is 2.11. The van der Waals surface area contributed by atoms with E-state index in [1.165, 1.54) is 24.4 Å². The third-order valence-electron chi connectivity index (χ3n) is 4.81. The van der Waals surface area contributed by atoms with Crippen LogP contribution in [0.25, 0.3) is 0 Å². The molecule has 0 aliphatic rings. The summed E-state index contributed by atoms with van der Waals surface area (Å²) in [7, 11) is -4.49. The number of guanidine groups is 1. The van der Waals surface area contributed by atoms with Crippen LogP contribution in [0.1, 0.15) is 16.8 Å². The van der Waals surface area contributed by atoms with Gasteiger partial charge in [-0.2, -0.15) is 26.3 Å². The van der Waals surface area contributed by atoms with Gasteiger partial charge in [-0.3, -0.25) is 24.4 Å². The van der Waals surface area contributed by atoms with E-state index in [0.29, 0.717) is 0 Å². The van der Waals surface area contributed by atoms with Crippen LogP contribution in [-0.2, 0) is 42.9 Å². The second kappa shape index (κ2) is 12.7. The van der Waals surface area contributed by atoms with Crippen molar-refractivity contribution in [2.24, 2.45) is 10.9 Å². The molecule has 0 spiro atoms. The lowest BCUT2D eigenvalue weighted by atomic mass is 10.1. The molecular weight excluding hydrogens is 578 g/mol. The Hall–Kier alpha value is -4.29. The van der Waals surface area contributed by atoms with Gasteiger partial charge in [0.1, 0.15) is 18.8 Å². The zero-order valence-corrected chi connectivity index (χ0v) is 21.2. The number of halogens is 6. The van der Waals surface area contributed by atoms with E-state index in [4.69, 9.17) is 5.73 Å². The van der Waals surface area contributed by atoms with Crippen molar-refractivity contribution in [1.82, 2.24) is 15.2 Å². The Balaban J connectivity index is 2.01. The largest absolute Gasteiger partial charge is 0.471 e. The Morgan fingerprint density at radius 3 is 2.35 bits per heavy atom. The number of alkyl halides is 6. The summed E-state index contributed by atoms with van der Waals surface area (Å²) in [6.45, 7) is 0.162. The summed E-state index contributed by atoms with van der Waals surface area (Å²) in [4.78, 5) is 40.3. The zero-order valence-electron chi connectivity index (χ0n) is 20.4. The maximum Gasteiger partial charge on any atom is 0.471 e. The van der Waals surface area contributed by atoms with E-state index in [2.05, 4.69) is 15.3 Å². The van der Waals surface area contributed by atoms with Gasteiger partial charge in [0.25, 0.3) is 5.56 Å². The number of anilines is 1. The van der Waals surface area contributed by atoms with Crippen molar-refractivity contribution in [1.29, 1.82) is 0 Å². The third kappa shape index (κ3) is 9.47. The van der Waals surface area contributed by atoms with Crippen molar-refractivity contribution >= 4 is 33.5 Å². The molecule has 1 aromatic heterocycles. The van der Waals surface area contributed by atoms with Crippen molar-refractivity contribution in [3.8, 4) is 0 Å². The number of nitrogens with one attached hydrogen (secondary N) is 3. The Labute approximate surface area is 222 Å². The standard InChI is InChI=1S/C21H22F6N6O6S/c1-12-6-7-15(32-40(37,38)11-13-4-2-3-5-14(13)20(22,23)24)17(35)33(12)10-16(34)29-8-9-39-31-19(28)30-18(36)21(25,26)27/h2-7,32H,8-11H2,1H3,(H,29,34)(H3,28,30,31,36). The van der Waals surface area contributed by atoms with Gasteiger partial charge in [-0.25, -0.2) is 8.42 Å². The summed E-state index contributed by atoms with van der Waals surface area (Å²) < 4.78 is 104. The van der Waals surface area contributed by atoms with Gasteiger partial charge in [0.15, 0.2) is 0 Å². The molecule has 2 rings (SSSR count). The molecule has 2 amide bonds. The number of nitrogens with zero attached hydrogens (tertiary/aromatic N) is 2. The molecule has 0 saturated heterocycles. The molecule has 0 aliphatic carbocycles. The van der Waals surface area contributed by atoms with Gasteiger partial charge in [-0.05, 0) is 35.8 Å². The Morgan fingerprint density at radius 1 is 1.07 bits per heavy atom. The first kappa shape index (κ1) is 31.9. The fourth-order valence-corrected chi connectivity index (χ4v) is 4.26. The lowest BCUT2D eigenvalue weighted by Gasteiger charge is -2.15. The van der Waals surface area contributed by atoms with Crippen LogP contribution >= 0.6 is 0 Å². The molecule has 40 heavy (non-hydrogen) atoms. The maximum atomic E-state index is 13.2. The summed E-state index contributed by atoms with van der Waals surface area (Å²) in [5, 5.41) is 6.53. The minimum Gasteiger partial charge on any atom is -0.391 e. The molecule has 19 heteroatoms. The van der Waals surface area contributed by atoms with Gasteiger partial charge < -0.3 is 20.5 Å². The highest BCUT2D eigenvalue weighted by Gasteiger charge is 2.39. The lowest BCUT2D eigenvalue weighted by Crippen LogP contribution is -2.44. The van der Waals surface area contributed by atoms with Crippen LogP contribution < -0.4 is 26.6 Å². The molecule has 5 N–H and O–H groups in total. The first-order chi connectivity index (χ1) is 18.4. The molecule has 0 atom stereocenters. The van der Waals surface area contributed by atoms with E-state index >= 15 is 0 Å². The number of sulfonamides is 1. The molecular formula is C21H22F6N6O6S. The van der Waals surface area contributed by atoms with Gasteiger partial charge in [0.2, 0.25) is 21.9 Å². The molecule has 0 unspecified atom stereocenters. The predicted octanol–water partition coefficient (Wildman–Crippen LogP) is 1.16. The maximum absolute atomic E-state index is 13.2. The number of benzene rings is 1. The number of oxime groups is 1. The van der Waals surface area contributed by atoms with Crippen LogP contribution in [0.15, 0.2) is 46.3 Å². The van der Waals surface area contributed by atoms with Crippen LogP contribution in [0.4, 0.5) is 32.0 Å².